The number of methoxy groups -OCH3 is 1. The third kappa shape index (κ3) is 15.9. The fourth-order valence-electron chi connectivity index (χ4n) is 2.14. The molecule has 0 aromatic carbocycles. The molecule has 0 saturated carbocycles. The third-order valence-electron chi connectivity index (χ3n) is 3.28. The fourth-order valence-corrected chi connectivity index (χ4v) is 2.14. The number of hydrogen-bond acceptors (Lipinski definition) is 2. The van der Waals surface area contributed by atoms with Crippen LogP contribution in [-0.2, 0) is 4.74 Å². The maximum absolute atomic E-state index is 4.94. The normalized spacial score (nSPS) is 12.0. The maximum atomic E-state index is 4.94. The molecular weight excluding hydrogens is 222 g/mol. The summed E-state index contributed by atoms with van der Waals surface area (Å²) in [6.45, 7) is 8.80. The lowest BCUT2D eigenvalue weighted by Gasteiger charge is -2.17. The number of unbranched alkanes of at least 4 members (excludes halogenated alkanes) is 7. The first-order valence-corrected chi connectivity index (χ1v) is 7.76. The Morgan fingerprint density at radius 1 is 0.778 bits per heavy atom. The Morgan fingerprint density at radius 3 is 1.78 bits per heavy atom. The average molecular weight is 257 g/mol. The maximum Gasteiger partial charge on any atom is 0.0961 e. The molecule has 0 aliphatic rings. The fraction of sp³-hybridized carbons (Fsp3) is 1.00. The summed E-state index contributed by atoms with van der Waals surface area (Å²) in [5.41, 5.74) is 0.523. The van der Waals surface area contributed by atoms with E-state index in [2.05, 4.69) is 26.1 Å². The van der Waals surface area contributed by atoms with Gasteiger partial charge in [0.1, 0.15) is 0 Å². The van der Waals surface area contributed by atoms with Crippen LogP contribution in [0.15, 0.2) is 0 Å². The lowest BCUT2D eigenvalue weighted by atomic mass is 9.89. The van der Waals surface area contributed by atoms with E-state index in [0.717, 1.165) is 6.54 Å². The van der Waals surface area contributed by atoms with E-state index in [9.17, 15) is 0 Å². The van der Waals surface area contributed by atoms with Crippen LogP contribution in [0, 0.1) is 5.41 Å². The molecule has 0 radical (unpaired) electrons. The molecule has 0 aromatic heterocycles. The minimum Gasteiger partial charge on any atom is -0.370 e. The van der Waals surface area contributed by atoms with E-state index < -0.39 is 0 Å². The predicted octanol–water partition coefficient (Wildman–Crippen LogP) is 4.74. The Kier molecular flexibility index (Phi) is 11.9. The number of ether oxygens (including phenoxy) is 1. The summed E-state index contributed by atoms with van der Waals surface area (Å²) < 4.78 is 4.94. The van der Waals surface area contributed by atoms with Gasteiger partial charge >= 0.3 is 0 Å². The molecule has 0 spiro atoms. The summed E-state index contributed by atoms with van der Waals surface area (Å²) in [7, 11) is 1.73. The molecule has 0 bridgehead atoms. The van der Waals surface area contributed by atoms with Crippen molar-refractivity contribution in [1.82, 2.24) is 5.32 Å². The van der Waals surface area contributed by atoms with Gasteiger partial charge < -0.3 is 4.74 Å². The lowest BCUT2D eigenvalue weighted by Crippen LogP contribution is -2.17. The van der Waals surface area contributed by atoms with Crippen molar-refractivity contribution >= 4 is 0 Å². The minimum absolute atomic E-state index is 0.523. The van der Waals surface area contributed by atoms with Crippen LogP contribution >= 0.6 is 0 Å². The van der Waals surface area contributed by atoms with Gasteiger partial charge in [-0.25, -0.2) is 0 Å². The smallest absolute Gasteiger partial charge is 0.0961 e. The van der Waals surface area contributed by atoms with Gasteiger partial charge in [-0.05, 0) is 24.8 Å². The first kappa shape index (κ1) is 17.9. The Bertz CT molecular complexity index is 163. The van der Waals surface area contributed by atoms with Gasteiger partial charge in [0.15, 0.2) is 0 Å². The Morgan fingerprint density at radius 2 is 1.28 bits per heavy atom. The van der Waals surface area contributed by atoms with Crippen LogP contribution in [0.3, 0.4) is 0 Å². The summed E-state index contributed by atoms with van der Waals surface area (Å²) in [5.74, 6) is 0. The van der Waals surface area contributed by atoms with Gasteiger partial charge in [-0.1, -0.05) is 65.7 Å². The van der Waals surface area contributed by atoms with Crippen LogP contribution in [0.1, 0.15) is 78.6 Å². The van der Waals surface area contributed by atoms with Crippen LogP contribution in [0.2, 0.25) is 0 Å². The molecular formula is C16H35NO. The van der Waals surface area contributed by atoms with Crippen molar-refractivity contribution < 1.29 is 4.74 Å². The van der Waals surface area contributed by atoms with Crippen molar-refractivity contribution in [3.8, 4) is 0 Å². The summed E-state index contributed by atoms with van der Waals surface area (Å²) >= 11 is 0. The van der Waals surface area contributed by atoms with Crippen LogP contribution in [0.25, 0.3) is 0 Å². The second-order valence-corrected chi connectivity index (χ2v) is 6.57. The molecule has 0 heterocycles. The molecule has 0 aliphatic heterocycles. The molecule has 0 saturated heterocycles. The van der Waals surface area contributed by atoms with Crippen LogP contribution in [0.5, 0.6) is 0 Å². The van der Waals surface area contributed by atoms with E-state index >= 15 is 0 Å². The van der Waals surface area contributed by atoms with Gasteiger partial charge in [0.25, 0.3) is 0 Å². The lowest BCUT2D eigenvalue weighted by molar-refractivity contribution is 0.175. The van der Waals surface area contributed by atoms with E-state index in [1.54, 1.807) is 7.11 Å². The Hall–Kier alpha value is -0.0800. The van der Waals surface area contributed by atoms with Crippen molar-refractivity contribution in [2.24, 2.45) is 5.41 Å². The van der Waals surface area contributed by atoms with Crippen LogP contribution < -0.4 is 5.32 Å². The highest BCUT2D eigenvalue weighted by Crippen LogP contribution is 2.22. The number of rotatable bonds is 12. The van der Waals surface area contributed by atoms with Gasteiger partial charge in [0.2, 0.25) is 0 Å². The van der Waals surface area contributed by atoms with Gasteiger partial charge in [-0.2, -0.15) is 0 Å². The topological polar surface area (TPSA) is 21.3 Å². The molecule has 0 unspecified atom stereocenters. The summed E-state index contributed by atoms with van der Waals surface area (Å²) in [6.07, 6.45) is 12.5. The second kappa shape index (κ2) is 12.0. The summed E-state index contributed by atoms with van der Waals surface area (Å²) in [5, 5.41) is 3.25. The van der Waals surface area contributed by atoms with Gasteiger partial charge in [-0.3, -0.25) is 5.32 Å². The second-order valence-electron chi connectivity index (χ2n) is 6.57. The van der Waals surface area contributed by atoms with Crippen molar-refractivity contribution in [3.63, 3.8) is 0 Å². The van der Waals surface area contributed by atoms with Crippen molar-refractivity contribution in [2.45, 2.75) is 78.6 Å². The SMILES string of the molecule is COCNCCCCCCCCCCC(C)(C)C. The van der Waals surface area contributed by atoms with Gasteiger partial charge in [-0.15, -0.1) is 0 Å². The summed E-state index contributed by atoms with van der Waals surface area (Å²) in [6, 6.07) is 0. The molecule has 0 aromatic rings. The molecule has 110 valence electrons. The predicted molar refractivity (Wildman–Crippen MR) is 80.9 cm³/mol. The highest BCUT2D eigenvalue weighted by atomic mass is 16.5. The molecule has 0 aliphatic carbocycles. The van der Waals surface area contributed by atoms with Crippen LogP contribution in [-0.4, -0.2) is 20.4 Å². The van der Waals surface area contributed by atoms with E-state index in [0.29, 0.717) is 12.1 Å². The third-order valence-corrected chi connectivity index (χ3v) is 3.28. The largest absolute Gasteiger partial charge is 0.370 e. The molecule has 0 fully saturated rings. The summed E-state index contributed by atoms with van der Waals surface area (Å²) in [4.78, 5) is 0. The van der Waals surface area contributed by atoms with Gasteiger partial charge in [0, 0.05) is 7.11 Å². The number of hydrogen-bond donors (Lipinski definition) is 1. The van der Waals surface area contributed by atoms with E-state index in [4.69, 9.17) is 4.74 Å². The quantitative estimate of drug-likeness (QED) is 0.403. The average Bonchev–Trinajstić information content (AvgIpc) is 2.29. The molecule has 0 atom stereocenters. The zero-order valence-electron chi connectivity index (χ0n) is 13.2. The highest BCUT2D eigenvalue weighted by molar-refractivity contribution is 4.61. The molecule has 2 nitrogen and oxygen atoms in total. The van der Waals surface area contributed by atoms with E-state index in [1.165, 1.54) is 57.8 Å². The number of nitrogens with one attached hydrogen (secondary N) is 1. The first-order valence-electron chi connectivity index (χ1n) is 7.76. The standard InChI is InChI=1S/C16H35NO/c1-16(2,3)13-11-9-7-5-6-8-10-12-14-17-15-18-4/h17H,5-15H2,1-4H3. The van der Waals surface area contributed by atoms with Crippen molar-refractivity contribution in [1.29, 1.82) is 0 Å². The molecule has 0 rings (SSSR count). The van der Waals surface area contributed by atoms with Crippen LogP contribution in [0.4, 0.5) is 0 Å². The minimum atomic E-state index is 0.523. The zero-order valence-corrected chi connectivity index (χ0v) is 13.2. The zero-order chi connectivity index (χ0) is 13.7. The first-order chi connectivity index (χ1) is 8.56. The van der Waals surface area contributed by atoms with E-state index in [-0.39, 0.29) is 0 Å². The molecule has 0 amide bonds. The highest BCUT2D eigenvalue weighted by Gasteiger charge is 2.08. The molecule has 1 N–H and O–H groups in total. The van der Waals surface area contributed by atoms with Gasteiger partial charge in [0.05, 0.1) is 6.73 Å². The van der Waals surface area contributed by atoms with Crippen molar-refractivity contribution in [3.05, 3.63) is 0 Å². The Balaban J connectivity index is 2.99. The molecule has 2 heteroatoms. The monoisotopic (exact) mass is 257 g/mol. The molecule has 18 heavy (non-hydrogen) atoms. The Labute approximate surface area is 115 Å². The van der Waals surface area contributed by atoms with E-state index in [1.807, 2.05) is 0 Å². The van der Waals surface area contributed by atoms with Crippen molar-refractivity contribution in [2.75, 3.05) is 20.4 Å².